The molecule has 0 bridgehead atoms. The van der Waals surface area contributed by atoms with Crippen LogP contribution in [0.15, 0.2) is 71.6 Å². The third-order valence-electron chi connectivity index (χ3n) is 6.54. The van der Waals surface area contributed by atoms with Crippen LogP contribution in [0.25, 0.3) is 0 Å². The van der Waals surface area contributed by atoms with Crippen molar-refractivity contribution >= 4 is 62.3 Å². The van der Waals surface area contributed by atoms with E-state index in [0.717, 1.165) is 4.31 Å². The zero-order valence-electron chi connectivity index (χ0n) is 23.1. The lowest BCUT2D eigenvalue weighted by molar-refractivity contribution is -0.139. The summed E-state index contributed by atoms with van der Waals surface area (Å²) in [5, 5.41) is 3.68. The van der Waals surface area contributed by atoms with Crippen LogP contribution >= 0.6 is 34.8 Å². The van der Waals surface area contributed by atoms with Gasteiger partial charge in [-0.25, -0.2) is 8.42 Å². The first-order valence-electron chi connectivity index (χ1n) is 12.8. The third kappa shape index (κ3) is 8.07. The van der Waals surface area contributed by atoms with Crippen molar-refractivity contribution in [1.29, 1.82) is 0 Å². The molecule has 1 N–H and O–H groups in total. The fourth-order valence-corrected chi connectivity index (χ4v) is 5.94. The summed E-state index contributed by atoms with van der Waals surface area (Å²) < 4.78 is 33.9. The van der Waals surface area contributed by atoms with Gasteiger partial charge in [0.25, 0.3) is 10.0 Å². The number of carbonyl (C=O) groups is 2. The molecule has 41 heavy (non-hydrogen) atoms. The summed E-state index contributed by atoms with van der Waals surface area (Å²) in [6.07, 6.45) is 0.695. The topological polar surface area (TPSA) is 96.0 Å². The molecule has 8 nitrogen and oxygen atoms in total. The summed E-state index contributed by atoms with van der Waals surface area (Å²) in [4.78, 5) is 28.4. The van der Waals surface area contributed by atoms with Crippen LogP contribution in [0.3, 0.4) is 0 Å². The third-order valence-corrected chi connectivity index (χ3v) is 9.36. The molecule has 2 atom stereocenters. The Hall–Kier alpha value is -2.98. The van der Waals surface area contributed by atoms with Crippen molar-refractivity contribution in [2.75, 3.05) is 18.0 Å². The lowest BCUT2D eigenvalue weighted by Gasteiger charge is -2.32. The minimum atomic E-state index is -4.23. The molecule has 0 unspecified atom stereocenters. The van der Waals surface area contributed by atoms with E-state index in [0.29, 0.717) is 22.8 Å². The van der Waals surface area contributed by atoms with E-state index in [4.69, 9.17) is 39.5 Å². The molecule has 0 fully saturated rings. The molecule has 0 saturated heterocycles. The van der Waals surface area contributed by atoms with Gasteiger partial charge in [0.1, 0.15) is 18.3 Å². The fourth-order valence-electron chi connectivity index (χ4n) is 3.94. The van der Waals surface area contributed by atoms with Gasteiger partial charge in [-0.3, -0.25) is 13.9 Å². The average molecular weight is 641 g/mol. The van der Waals surface area contributed by atoms with Gasteiger partial charge in [0.2, 0.25) is 11.8 Å². The van der Waals surface area contributed by atoms with E-state index in [1.54, 1.807) is 43.3 Å². The molecule has 0 saturated carbocycles. The highest BCUT2D eigenvalue weighted by Crippen LogP contribution is 2.32. The molecule has 3 aromatic carbocycles. The fraction of sp³-hybridized carbons (Fsp3) is 0.310. The first-order valence-corrected chi connectivity index (χ1v) is 15.4. The second kappa shape index (κ2) is 14.3. The Balaban J connectivity index is 2.06. The molecular formula is C29H32Cl3N3O5S. The van der Waals surface area contributed by atoms with Gasteiger partial charge < -0.3 is 15.0 Å². The average Bonchev–Trinajstić information content (AvgIpc) is 2.96. The normalized spacial score (nSPS) is 12.8. The smallest absolute Gasteiger partial charge is 0.264 e. The number of carbonyl (C=O) groups excluding carboxylic acids is 2. The summed E-state index contributed by atoms with van der Waals surface area (Å²) in [6, 6.07) is 16.0. The summed E-state index contributed by atoms with van der Waals surface area (Å²) in [6.45, 7) is 4.75. The maximum atomic E-state index is 14.0. The van der Waals surface area contributed by atoms with Crippen molar-refractivity contribution < 1.29 is 22.7 Å². The number of sulfonamides is 1. The van der Waals surface area contributed by atoms with Crippen molar-refractivity contribution in [3.8, 4) is 5.75 Å². The van der Waals surface area contributed by atoms with E-state index in [1.165, 1.54) is 42.3 Å². The Morgan fingerprint density at radius 2 is 1.61 bits per heavy atom. The van der Waals surface area contributed by atoms with Crippen LogP contribution in [0.2, 0.25) is 15.1 Å². The van der Waals surface area contributed by atoms with Gasteiger partial charge in [0, 0.05) is 12.6 Å². The van der Waals surface area contributed by atoms with E-state index in [1.807, 2.05) is 13.8 Å². The van der Waals surface area contributed by atoms with Crippen molar-refractivity contribution in [2.45, 2.75) is 50.7 Å². The Labute approximate surface area is 256 Å². The SMILES string of the molecule is CC[C@H](C)NC(=O)[C@H](C)N(Cc1ccc(Cl)c(Cl)c1)C(=O)CN(c1ccc(OC)c(Cl)c1)S(=O)(=O)c1ccccc1. The highest BCUT2D eigenvalue weighted by Gasteiger charge is 2.33. The van der Waals surface area contributed by atoms with Crippen molar-refractivity contribution in [1.82, 2.24) is 10.2 Å². The van der Waals surface area contributed by atoms with Crippen LogP contribution in [0.4, 0.5) is 5.69 Å². The Kier molecular flexibility index (Phi) is 11.3. The Morgan fingerprint density at radius 1 is 0.927 bits per heavy atom. The van der Waals surface area contributed by atoms with E-state index < -0.39 is 28.5 Å². The number of nitrogens with zero attached hydrogens (tertiary/aromatic N) is 2. The number of hydrogen-bond acceptors (Lipinski definition) is 5. The van der Waals surface area contributed by atoms with Crippen molar-refractivity contribution in [3.63, 3.8) is 0 Å². The van der Waals surface area contributed by atoms with Gasteiger partial charge in [-0.2, -0.15) is 0 Å². The van der Waals surface area contributed by atoms with Gasteiger partial charge in [-0.05, 0) is 68.3 Å². The number of rotatable bonds is 12. The number of methoxy groups -OCH3 is 1. The second-order valence-electron chi connectivity index (χ2n) is 9.41. The molecule has 0 spiro atoms. The number of amides is 2. The maximum absolute atomic E-state index is 14.0. The van der Waals surface area contributed by atoms with Crippen molar-refractivity contribution in [3.05, 3.63) is 87.4 Å². The molecule has 3 aromatic rings. The molecule has 0 aromatic heterocycles. The van der Waals surface area contributed by atoms with Gasteiger partial charge in [-0.15, -0.1) is 0 Å². The lowest BCUT2D eigenvalue weighted by atomic mass is 10.1. The summed E-state index contributed by atoms with van der Waals surface area (Å²) in [7, 11) is -2.79. The van der Waals surface area contributed by atoms with Gasteiger partial charge in [0.15, 0.2) is 0 Å². The Bertz CT molecular complexity index is 1490. The number of nitrogens with one attached hydrogen (secondary N) is 1. The number of halogens is 3. The van der Waals surface area contributed by atoms with E-state index in [2.05, 4.69) is 5.32 Å². The first kappa shape index (κ1) is 32.5. The quantitative estimate of drug-likeness (QED) is 0.255. The molecule has 2 amide bonds. The Morgan fingerprint density at radius 3 is 2.20 bits per heavy atom. The predicted molar refractivity (Wildman–Crippen MR) is 163 cm³/mol. The number of benzene rings is 3. The zero-order chi connectivity index (χ0) is 30.3. The second-order valence-corrected chi connectivity index (χ2v) is 12.5. The first-order chi connectivity index (χ1) is 19.4. The number of ether oxygens (including phenoxy) is 1. The van der Waals surface area contributed by atoms with Crippen LogP contribution < -0.4 is 14.4 Å². The molecule has 0 aliphatic heterocycles. The van der Waals surface area contributed by atoms with Gasteiger partial charge in [0.05, 0.1) is 32.8 Å². The molecule has 0 radical (unpaired) electrons. The van der Waals surface area contributed by atoms with E-state index >= 15 is 0 Å². The number of hydrogen-bond donors (Lipinski definition) is 1. The highest BCUT2D eigenvalue weighted by atomic mass is 35.5. The van der Waals surface area contributed by atoms with Gasteiger partial charge in [-0.1, -0.05) is 66.0 Å². The molecule has 0 aliphatic carbocycles. The molecule has 12 heteroatoms. The number of anilines is 1. The molecule has 220 valence electrons. The molecular weight excluding hydrogens is 609 g/mol. The van der Waals surface area contributed by atoms with E-state index in [9.17, 15) is 18.0 Å². The van der Waals surface area contributed by atoms with Crippen LogP contribution in [0.1, 0.15) is 32.8 Å². The zero-order valence-corrected chi connectivity index (χ0v) is 26.2. The molecule has 0 heterocycles. The maximum Gasteiger partial charge on any atom is 0.264 e. The minimum Gasteiger partial charge on any atom is -0.495 e. The van der Waals surface area contributed by atoms with Crippen LogP contribution in [-0.2, 0) is 26.2 Å². The highest BCUT2D eigenvalue weighted by molar-refractivity contribution is 7.92. The predicted octanol–water partition coefficient (Wildman–Crippen LogP) is 6.18. The molecule has 0 aliphatic rings. The van der Waals surface area contributed by atoms with Gasteiger partial charge >= 0.3 is 0 Å². The standard InChI is InChI=1S/C29H32Cl3N3O5S/c1-5-19(2)33-29(37)20(3)34(17-21-11-13-24(30)25(31)15-21)28(36)18-35(22-12-14-27(40-4)26(32)16-22)41(38,39)23-9-7-6-8-10-23/h6-16,19-20H,5,17-18H2,1-4H3,(H,33,37)/t19-,20-/m0/s1. The van der Waals surface area contributed by atoms with Crippen LogP contribution in [0, 0.1) is 0 Å². The summed E-state index contributed by atoms with van der Waals surface area (Å²) in [5.41, 5.74) is 0.764. The van der Waals surface area contributed by atoms with Crippen LogP contribution in [-0.4, -0.2) is 50.9 Å². The lowest BCUT2D eigenvalue weighted by Crippen LogP contribution is -2.52. The largest absolute Gasteiger partial charge is 0.495 e. The van der Waals surface area contributed by atoms with Crippen molar-refractivity contribution in [2.24, 2.45) is 0 Å². The summed E-state index contributed by atoms with van der Waals surface area (Å²) >= 11 is 18.6. The summed E-state index contributed by atoms with van der Waals surface area (Å²) in [5.74, 6) is -0.651. The minimum absolute atomic E-state index is 0.0154. The van der Waals surface area contributed by atoms with E-state index in [-0.39, 0.29) is 39.1 Å². The monoisotopic (exact) mass is 639 g/mol. The van der Waals surface area contributed by atoms with Crippen LogP contribution in [0.5, 0.6) is 5.75 Å². The molecule has 3 rings (SSSR count).